The number of ether oxygens (including phenoxy) is 4. The van der Waals surface area contributed by atoms with Crippen molar-refractivity contribution in [3.63, 3.8) is 0 Å². The van der Waals surface area contributed by atoms with Crippen LogP contribution in [0.1, 0.15) is 344 Å². The predicted molar refractivity (Wildman–Crippen MR) is 358 cm³/mol. The third-order valence-corrected chi connectivity index (χ3v) is 18.0. The molecule has 0 aromatic rings. The van der Waals surface area contributed by atoms with Crippen LogP contribution in [0.3, 0.4) is 0 Å². The molecule has 0 aliphatic heterocycles. The van der Waals surface area contributed by atoms with Gasteiger partial charge in [0.1, 0.15) is 19.3 Å². The van der Waals surface area contributed by atoms with Crippen molar-refractivity contribution in [1.29, 1.82) is 0 Å². The first-order valence-electron chi connectivity index (χ1n) is 36.2. The van der Waals surface area contributed by atoms with Crippen molar-refractivity contribution >= 4 is 39.5 Å². The number of carbonyl (C=O) groups excluding carboxylic acids is 4. The van der Waals surface area contributed by atoms with E-state index in [0.29, 0.717) is 31.6 Å². The molecule has 0 saturated carbocycles. The number of hydrogen-bond acceptors (Lipinski definition) is 15. The van der Waals surface area contributed by atoms with E-state index in [2.05, 4.69) is 55.4 Å². The number of phosphoric acid groups is 2. The molecule has 0 fully saturated rings. The summed E-state index contributed by atoms with van der Waals surface area (Å²) >= 11 is 0. The first kappa shape index (κ1) is 87.1. The number of unbranched alkanes of at least 4 members (excludes halogenated alkanes) is 33. The summed E-state index contributed by atoms with van der Waals surface area (Å²) in [6.45, 7) is 14.0. The molecule has 17 nitrogen and oxygen atoms in total. The van der Waals surface area contributed by atoms with Crippen LogP contribution < -0.4 is 0 Å². The Morgan fingerprint density at radius 2 is 0.472 bits per heavy atom. The Balaban J connectivity index is 5.20. The highest BCUT2D eigenvalue weighted by Crippen LogP contribution is 2.45. The zero-order valence-electron chi connectivity index (χ0n) is 58.1. The maximum atomic E-state index is 13.0. The van der Waals surface area contributed by atoms with Crippen LogP contribution in [-0.2, 0) is 65.4 Å². The smallest absolute Gasteiger partial charge is 0.462 e. The molecule has 0 spiro atoms. The van der Waals surface area contributed by atoms with Crippen LogP contribution in [0.4, 0.5) is 0 Å². The zero-order chi connectivity index (χ0) is 66.1. The van der Waals surface area contributed by atoms with Crippen LogP contribution in [0, 0.1) is 23.7 Å². The van der Waals surface area contributed by atoms with Gasteiger partial charge in [0.2, 0.25) is 0 Å². The molecule has 0 aromatic carbocycles. The molecule has 0 aromatic heterocycles. The topological polar surface area (TPSA) is 237 Å². The number of aliphatic hydroxyl groups is 1. The van der Waals surface area contributed by atoms with E-state index >= 15 is 0 Å². The Morgan fingerprint density at radius 3 is 0.697 bits per heavy atom. The third kappa shape index (κ3) is 64.6. The quantitative estimate of drug-likeness (QED) is 0.0222. The lowest BCUT2D eigenvalue weighted by Crippen LogP contribution is -2.30. The van der Waals surface area contributed by atoms with Gasteiger partial charge >= 0.3 is 39.5 Å². The van der Waals surface area contributed by atoms with Crippen molar-refractivity contribution in [2.24, 2.45) is 23.7 Å². The fourth-order valence-electron chi connectivity index (χ4n) is 10.5. The highest BCUT2D eigenvalue weighted by molar-refractivity contribution is 7.47. The van der Waals surface area contributed by atoms with E-state index in [-0.39, 0.29) is 25.7 Å². The molecule has 0 bridgehead atoms. The standard InChI is InChI=1S/C70H136O17P2/c1-60(2)46-38-30-22-16-14-12-10-9-11-13-15-17-26-36-44-52-69(74)86-66(57-81-68(73)51-43-35-29-28-33-41-49-63(7)8)59-85-89(78,79)83-55-64(71)54-82-88(76,77)84-58-65(87-70(75)53-45-37-27-21-19-24-32-40-48-62(5)6)56-80-67(72)50-42-34-25-20-18-23-31-39-47-61(3)4/h60-66,71H,9-59H2,1-8H3,(H,76,77)(H,78,79)/t64?,65-,66-/m1/s1. The van der Waals surface area contributed by atoms with Crippen LogP contribution in [0.25, 0.3) is 0 Å². The Kier molecular flexibility index (Phi) is 58.5. The predicted octanol–water partition coefficient (Wildman–Crippen LogP) is 19.7. The van der Waals surface area contributed by atoms with Gasteiger partial charge in [-0.15, -0.1) is 0 Å². The molecule has 89 heavy (non-hydrogen) atoms. The first-order chi connectivity index (χ1) is 42.6. The van der Waals surface area contributed by atoms with E-state index in [1.54, 1.807) is 0 Å². The summed E-state index contributed by atoms with van der Waals surface area (Å²) in [6.07, 6.45) is 42.0. The highest BCUT2D eigenvalue weighted by Gasteiger charge is 2.30. The molecule has 3 N–H and O–H groups in total. The number of aliphatic hydroxyl groups excluding tert-OH is 1. The van der Waals surface area contributed by atoms with Gasteiger partial charge in [-0.2, -0.15) is 0 Å². The van der Waals surface area contributed by atoms with Crippen molar-refractivity contribution < 1.29 is 80.2 Å². The van der Waals surface area contributed by atoms with E-state index in [0.717, 1.165) is 114 Å². The molecule has 0 rings (SSSR count). The van der Waals surface area contributed by atoms with Gasteiger partial charge in [0.05, 0.1) is 26.4 Å². The molecule has 0 heterocycles. The molecule has 0 radical (unpaired) electrons. The summed E-state index contributed by atoms with van der Waals surface area (Å²) in [5.74, 6) is 0.793. The van der Waals surface area contributed by atoms with Crippen LogP contribution >= 0.6 is 15.6 Å². The minimum Gasteiger partial charge on any atom is -0.462 e. The first-order valence-corrected chi connectivity index (χ1v) is 39.2. The van der Waals surface area contributed by atoms with E-state index in [9.17, 15) is 43.2 Å². The van der Waals surface area contributed by atoms with Crippen LogP contribution in [0.15, 0.2) is 0 Å². The second-order valence-electron chi connectivity index (χ2n) is 27.2. The van der Waals surface area contributed by atoms with Crippen molar-refractivity contribution in [1.82, 2.24) is 0 Å². The molecule has 0 aliphatic rings. The average molecular weight is 1310 g/mol. The van der Waals surface area contributed by atoms with Gasteiger partial charge < -0.3 is 33.8 Å². The van der Waals surface area contributed by atoms with E-state index < -0.39 is 97.5 Å². The molecular weight excluding hydrogens is 1170 g/mol. The van der Waals surface area contributed by atoms with Gasteiger partial charge in [0, 0.05) is 25.7 Å². The van der Waals surface area contributed by atoms with Crippen molar-refractivity contribution in [2.75, 3.05) is 39.6 Å². The average Bonchev–Trinajstić information content (AvgIpc) is 3.56. The van der Waals surface area contributed by atoms with Crippen molar-refractivity contribution in [2.45, 2.75) is 363 Å². The summed E-state index contributed by atoms with van der Waals surface area (Å²) in [4.78, 5) is 72.5. The molecule has 0 aliphatic carbocycles. The maximum Gasteiger partial charge on any atom is 0.472 e. The minimum atomic E-state index is -4.95. The summed E-state index contributed by atoms with van der Waals surface area (Å²) in [6, 6.07) is 0. The second kappa shape index (κ2) is 59.8. The summed E-state index contributed by atoms with van der Waals surface area (Å²) in [5.41, 5.74) is 0. The largest absolute Gasteiger partial charge is 0.472 e. The molecular formula is C70H136O17P2. The molecule has 0 saturated heterocycles. The van der Waals surface area contributed by atoms with Gasteiger partial charge in [0.15, 0.2) is 12.2 Å². The van der Waals surface area contributed by atoms with Crippen LogP contribution in [-0.4, -0.2) is 96.7 Å². The summed E-state index contributed by atoms with van der Waals surface area (Å²) in [5, 5.41) is 10.6. The van der Waals surface area contributed by atoms with E-state index in [1.807, 2.05) is 0 Å². The Morgan fingerprint density at radius 1 is 0.281 bits per heavy atom. The van der Waals surface area contributed by atoms with Crippen LogP contribution in [0.2, 0.25) is 0 Å². The number of carbonyl (C=O) groups is 4. The molecule has 528 valence electrons. The molecule has 0 amide bonds. The fourth-order valence-corrected chi connectivity index (χ4v) is 12.1. The van der Waals surface area contributed by atoms with Gasteiger partial charge in [-0.05, 0) is 49.4 Å². The second-order valence-corrected chi connectivity index (χ2v) is 30.1. The normalized spacial score (nSPS) is 14.3. The fraction of sp³-hybridized carbons (Fsp3) is 0.943. The summed E-state index contributed by atoms with van der Waals surface area (Å²) in [7, 11) is -9.90. The SMILES string of the molecule is CC(C)CCCCCCCCCCCCCCCCCC(=O)O[C@H](COC(=O)CCCCCCCCC(C)C)COP(=O)(O)OCC(O)COP(=O)(O)OC[C@@H](COC(=O)CCCCCCCCCCC(C)C)OC(=O)CCCCCCCCCCC(C)C. The molecule has 19 heteroatoms. The lowest BCUT2D eigenvalue weighted by molar-refractivity contribution is -0.161. The Labute approximate surface area is 543 Å². The number of rotatable bonds is 67. The van der Waals surface area contributed by atoms with Gasteiger partial charge in [-0.3, -0.25) is 37.3 Å². The minimum absolute atomic E-state index is 0.103. The van der Waals surface area contributed by atoms with Crippen molar-refractivity contribution in [3.05, 3.63) is 0 Å². The lowest BCUT2D eigenvalue weighted by Gasteiger charge is -2.21. The monoisotopic (exact) mass is 1310 g/mol. The lowest BCUT2D eigenvalue weighted by atomic mass is 10.0. The molecule has 3 unspecified atom stereocenters. The Bertz CT molecular complexity index is 1760. The third-order valence-electron chi connectivity index (χ3n) is 16.1. The van der Waals surface area contributed by atoms with E-state index in [1.165, 1.54) is 141 Å². The van der Waals surface area contributed by atoms with E-state index in [4.69, 9.17) is 37.0 Å². The van der Waals surface area contributed by atoms with Crippen molar-refractivity contribution in [3.8, 4) is 0 Å². The Hall–Kier alpha value is -1.94. The number of hydrogen-bond donors (Lipinski definition) is 3. The zero-order valence-corrected chi connectivity index (χ0v) is 59.8. The maximum absolute atomic E-state index is 13.0. The van der Waals surface area contributed by atoms with Gasteiger partial charge in [0.25, 0.3) is 0 Å². The molecule has 5 atom stereocenters. The number of esters is 4. The highest BCUT2D eigenvalue weighted by atomic mass is 31.2. The van der Waals surface area contributed by atoms with Gasteiger partial charge in [-0.25, -0.2) is 9.13 Å². The summed E-state index contributed by atoms with van der Waals surface area (Å²) < 4.78 is 68.2. The van der Waals surface area contributed by atoms with Gasteiger partial charge in [-0.1, -0.05) is 293 Å². The van der Waals surface area contributed by atoms with Crippen LogP contribution in [0.5, 0.6) is 0 Å². The number of phosphoric ester groups is 2.